The Hall–Kier alpha value is -3.82. The van der Waals surface area contributed by atoms with Gasteiger partial charge in [-0.25, -0.2) is 9.78 Å². The molecule has 166 valence electrons. The standard InChI is InChI=1S/C23H16ClN3O5S/c1-13(22(28)26-17-8-4-5-9-19(17)27(30)31)32-23(29)15-12-18(20-10-11-21(24)33-20)25-16-7-3-2-6-14(15)16/h2-13H,1H3,(H,26,28). The van der Waals surface area contributed by atoms with Crippen LogP contribution in [-0.2, 0) is 9.53 Å². The molecule has 1 unspecified atom stereocenters. The highest BCUT2D eigenvalue weighted by Gasteiger charge is 2.24. The van der Waals surface area contributed by atoms with Crippen LogP contribution < -0.4 is 5.32 Å². The van der Waals surface area contributed by atoms with Crippen molar-refractivity contribution in [2.45, 2.75) is 13.0 Å². The molecule has 0 aliphatic heterocycles. The minimum absolute atomic E-state index is 0.0154. The van der Waals surface area contributed by atoms with Gasteiger partial charge in [0.1, 0.15) is 5.69 Å². The number of nitrogens with zero attached hydrogens (tertiary/aromatic N) is 2. The molecular weight excluding hydrogens is 466 g/mol. The fourth-order valence-electron chi connectivity index (χ4n) is 3.17. The van der Waals surface area contributed by atoms with E-state index in [1.54, 1.807) is 42.5 Å². The lowest BCUT2D eigenvalue weighted by atomic mass is 10.1. The first-order valence-corrected chi connectivity index (χ1v) is 10.9. The Morgan fingerprint density at radius 1 is 1.12 bits per heavy atom. The summed E-state index contributed by atoms with van der Waals surface area (Å²) in [5, 5.41) is 14.2. The van der Waals surface area contributed by atoms with E-state index in [0.29, 0.717) is 20.9 Å². The van der Waals surface area contributed by atoms with Gasteiger partial charge in [0.25, 0.3) is 11.6 Å². The summed E-state index contributed by atoms with van der Waals surface area (Å²) >= 11 is 7.37. The van der Waals surface area contributed by atoms with E-state index < -0.39 is 22.9 Å². The number of hydrogen-bond donors (Lipinski definition) is 1. The number of para-hydroxylation sites is 3. The third-order valence-electron chi connectivity index (χ3n) is 4.77. The summed E-state index contributed by atoms with van der Waals surface area (Å²) in [6, 6.07) is 18.0. The maximum Gasteiger partial charge on any atom is 0.339 e. The summed E-state index contributed by atoms with van der Waals surface area (Å²) in [4.78, 5) is 41.5. The van der Waals surface area contributed by atoms with Gasteiger partial charge in [0.15, 0.2) is 6.10 Å². The van der Waals surface area contributed by atoms with E-state index in [4.69, 9.17) is 16.3 Å². The molecule has 1 N–H and O–H groups in total. The number of halogens is 1. The lowest BCUT2D eigenvalue weighted by Crippen LogP contribution is -2.30. The fraction of sp³-hybridized carbons (Fsp3) is 0.0870. The van der Waals surface area contributed by atoms with Gasteiger partial charge in [-0.2, -0.15) is 0 Å². The van der Waals surface area contributed by atoms with Crippen LogP contribution in [0.3, 0.4) is 0 Å². The van der Waals surface area contributed by atoms with Gasteiger partial charge < -0.3 is 10.1 Å². The van der Waals surface area contributed by atoms with Gasteiger partial charge in [0.2, 0.25) is 0 Å². The maximum absolute atomic E-state index is 13.0. The van der Waals surface area contributed by atoms with Crippen LogP contribution in [0.2, 0.25) is 4.34 Å². The lowest BCUT2D eigenvalue weighted by Gasteiger charge is -2.15. The van der Waals surface area contributed by atoms with Crippen LogP contribution in [0, 0.1) is 10.1 Å². The summed E-state index contributed by atoms with van der Waals surface area (Å²) in [7, 11) is 0. The molecule has 2 aromatic heterocycles. The molecule has 0 aliphatic rings. The van der Waals surface area contributed by atoms with Crippen LogP contribution in [0.4, 0.5) is 11.4 Å². The van der Waals surface area contributed by atoms with Gasteiger partial charge in [-0.3, -0.25) is 14.9 Å². The van der Waals surface area contributed by atoms with Crippen molar-refractivity contribution >= 4 is 57.1 Å². The highest BCUT2D eigenvalue weighted by atomic mass is 35.5. The number of nitro groups is 1. The Morgan fingerprint density at radius 3 is 2.58 bits per heavy atom. The van der Waals surface area contributed by atoms with Crippen LogP contribution in [-0.4, -0.2) is 27.9 Å². The number of benzene rings is 2. The Kier molecular flexibility index (Phi) is 6.34. The molecule has 1 amide bonds. The fourth-order valence-corrected chi connectivity index (χ4v) is 4.18. The first-order chi connectivity index (χ1) is 15.8. The monoisotopic (exact) mass is 481 g/mol. The number of carbonyl (C=O) groups excluding carboxylic acids is 2. The second kappa shape index (κ2) is 9.35. The Bertz CT molecular complexity index is 1390. The largest absolute Gasteiger partial charge is 0.449 e. The van der Waals surface area contributed by atoms with Crippen molar-refractivity contribution in [2.24, 2.45) is 0 Å². The number of hydrogen-bond acceptors (Lipinski definition) is 7. The Morgan fingerprint density at radius 2 is 1.85 bits per heavy atom. The Balaban J connectivity index is 1.60. The van der Waals surface area contributed by atoms with Crippen molar-refractivity contribution in [3.63, 3.8) is 0 Å². The van der Waals surface area contributed by atoms with Crippen LogP contribution in [0.1, 0.15) is 17.3 Å². The second-order valence-corrected chi connectivity index (χ2v) is 8.70. The molecule has 4 rings (SSSR count). The van der Waals surface area contributed by atoms with E-state index in [0.717, 1.165) is 4.88 Å². The summed E-state index contributed by atoms with van der Waals surface area (Å²) in [6.07, 6.45) is -1.20. The topological polar surface area (TPSA) is 111 Å². The normalized spacial score (nSPS) is 11.7. The minimum Gasteiger partial charge on any atom is -0.449 e. The molecule has 33 heavy (non-hydrogen) atoms. The molecule has 0 aliphatic carbocycles. The van der Waals surface area contributed by atoms with E-state index in [1.165, 1.54) is 36.5 Å². The van der Waals surface area contributed by atoms with E-state index in [-0.39, 0.29) is 16.9 Å². The number of nitro benzene ring substituents is 1. The van der Waals surface area contributed by atoms with Gasteiger partial charge in [0.05, 0.1) is 30.9 Å². The number of carbonyl (C=O) groups is 2. The molecular formula is C23H16ClN3O5S. The van der Waals surface area contributed by atoms with Crippen molar-refractivity contribution in [1.29, 1.82) is 0 Å². The molecule has 0 saturated heterocycles. The number of fused-ring (bicyclic) bond motifs is 1. The first kappa shape index (κ1) is 22.4. The number of rotatable bonds is 6. The molecule has 0 spiro atoms. The zero-order chi connectivity index (χ0) is 23.5. The second-order valence-electron chi connectivity index (χ2n) is 6.99. The van der Waals surface area contributed by atoms with E-state index in [2.05, 4.69) is 10.3 Å². The number of nitrogens with one attached hydrogen (secondary N) is 1. The molecule has 2 heterocycles. The zero-order valence-electron chi connectivity index (χ0n) is 17.2. The minimum atomic E-state index is -1.20. The van der Waals surface area contributed by atoms with Gasteiger partial charge in [-0.1, -0.05) is 41.9 Å². The smallest absolute Gasteiger partial charge is 0.339 e. The van der Waals surface area contributed by atoms with E-state index >= 15 is 0 Å². The Labute approximate surface area is 196 Å². The number of anilines is 1. The van der Waals surface area contributed by atoms with Crippen LogP contribution in [0.25, 0.3) is 21.5 Å². The molecule has 0 bridgehead atoms. The van der Waals surface area contributed by atoms with E-state index in [9.17, 15) is 19.7 Å². The molecule has 4 aromatic rings. The molecule has 1 atom stereocenters. The number of pyridine rings is 1. The van der Waals surface area contributed by atoms with Crippen LogP contribution in [0.15, 0.2) is 66.7 Å². The number of amides is 1. The van der Waals surface area contributed by atoms with Crippen molar-refractivity contribution in [3.05, 3.63) is 86.7 Å². The van der Waals surface area contributed by atoms with Crippen molar-refractivity contribution in [1.82, 2.24) is 4.98 Å². The number of aromatic nitrogens is 1. The average Bonchev–Trinajstić information content (AvgIpc) is 3.24. The SMILES string of the molecule is CC(OC(=O)c1cc(-c2ccc(Cl)s2)nc2ccccc12)C(=O)Nc1ccccc1[N+](=O)[O-]. The predicted octanol–water partition coefficient (Wildman–Crippen LogP) is 5.71. The number of thiophene rings is 1. The molecule has 0 saturated carbocycles. The van der Waals surface area contributed by atoms with Gasteiger partial charge in [-0.15, -0.1) is 11.3 Å². The van der Waals surface area contributed by atoms with Crippen LogP contribution in [0.5, 0.6) is 0 Å². The molecule has 0 radical (unpaired) electrons. The number of esters is 1. The quantitative estimate of drug-likeness (QED) is 0.214. The van der Waals surface area contributed by atoms with Gasteiger partial charge in [-0.05, 0) is 37.3 Å². The molecule has 0 fully saturated rings. The van der Waals surface area contributed by atoms with Gasteiger partial charge >= 0.3 is 5.97 Å². The van der Waals surface area contributed by atoms with Crippen molar-refractivity contribution in [3.8, 4) is 10.6 Å². The third kappa shape index (κ3) is 4.84. The number of ether oxygens (including phenoxy) is 1. The van der Waals surface area contributed by atoms with Crippen LogP contribution >= 0.6 is 22.9 Å². The van der Waals surface area contributed by atoms with Gasteiger partial charge in [0, 0.05) is 11.5 Å². The van der Waals surface area contributed by atoms with Crippen molar-refractivity contribution in [2.75, 3.05) is 5.32 Å². The summed E-state index contributed by atoms with van der Waals surface area (Å²) < 4.78 is 5.99. The summed E-state index contributed by atoms with van der Waals surface area (Å²) in [5.41, 5.74) is 1.13. The molecule has 8 nitrogen and oxygen atoms in total. The first-order valence-electron chi connectivity index (χ1n) is 9.74. The summed E-state index contributed by atoms with van der Waals surface area (Å²) in [5.74, 6) is -1.41. The summed E-state index contributed by atoms with van der Waals surface area (Å²) in [6.45, 7) is 1.39. The third-order valence-corrected chi connectivity index (χ3v) is 6.03. The zero-order valence-corrected chi connectivity index (χ0v) is 18.7. The molecule has 10 heteroatoms. The van der Waals surface area contributed by atoms with E-state index in [1.807, 2.05) is 6.07 Å². The maximum atomic E-state index is 13.0. The average molecular weight is 482 g/mol. The van der Waals surface area contributed by atoms with Crippen molar-refractivity contribution < 1.29 is 19.2 Å². The highest BCUT2D eigenvalue weighted by molar-refractivity contribution is 7.19. The lowest BCUT2D eigenvalue weighted by molar-refractivity contribution is -0.383. The molecule has 2 aromatic carbocycles. The predicted molar refractivity (Wildman–Crippen MR) is 127 cm³/mol. The highest BCUT2D eigenvalue weighted by Crippen LogP contribution is 2.32.